The Morgan fingerprint density at radius 1 is 1.06 bits per heavy atom. The molecule has 17 nitrogen and oxygen atoms in total. The summed E-state index contributed by atoms with van der Waals surface area (Å²) in [6.07, 6.45) is -0.252. The summed E-state index contributed by atoms with van der Waals surface area (Å²) in [5, 5.41) is 11.2. The summed E-state index contributed by atoms with van der Waals surface area (Å²) in [7, 11) is 4.25. The topological polar surface area (TPSA) is 202 Å². The third-order valence-corrected chi connectivity index (χ3v) is 11.1. The average Bonchev–Trinajstić information content (AvgIpc) is 3.56. The number of carbonyl (C=O) groups excluding carboxylic acids is 4. The second-order valence-corrected chi connectivity index (χ2v) is 15.7. The van der Waals surface area contributed by atoms with Crippen molar-refractivity contribution in [3.8, 4) is 0 Å². The lowest BCUT2D eigenvalue weighted by atomic mass is 9.90. The predicted molar refractivity (Wildman–Crippen MR) is 187 cm³/mol. The Kier molecular flexibility index (Phi) is 17.1. The van der Waals surface area contributed by atoms with Crippen molar-refractivity contribution < 1.29 is 48.0 Å². The van der Waals surface area contributed by atoms with Crippen LogP contribution in [0.1, 0.15) is 46.5 Å². The van der Waals surface area contributed by atoms with Crippen LogP contribution in [0.5, 0.6) is 0 Å². The second-order valence-electron chi connectivity index (χ2n) is 13.4. The van der Waals surface area contributed by atoms with E-state index in [1.807, 2.05) is 37.7 Å². The molecule has 0 bridgehead atoms. The lowest BCUT2D eigenvalue weighted by molar-refractivity contribution is -0.145. The summed E-state index contributed by atoms with van der Waals surface area (Å²) in [4.78, 5) is 86.0. The van der Waals surface area contributed by atoms with E-state index in [1.165, 1.54) is 14.2 Å². The van der Waals surface area contributed by atoms with E-state index in [1.54, 1.807) is 28.7 Å². The molecule has 4 amide bonds. The smallest absolute Gasteiger partial charge is 0.313 e. The van der Waals surface area contributed by atoms with Crippen LogP contribution in [0.15, 0.2) is 4.99 Å². The number of hydrogen-bond acceptors (Lipinski definition) is 9. The number of nitrogens with zero attached hydrogens (tertiary/aromatic N) is 6. The Bertz CT molecular complexity index is 1250. The molecule has 2 rings (SSSR count). The summed E-state index contributed by atoms with van der Waals surface area (Å²) in [5.41, 5.74) is 0. The van der Waals surface area contributed by atoms with E-state index in [4.69, 9.17) is 14.6 Å². The number of likely N-dealkylation sites (tertiary alicyclic amines) is 1. The molecule has 3 N–H and O–H groups in total. The van der Waals surface area contributed by atoms with Crippen LogP contribution >= 0.6 is 7.37 Å². The SMILES string of the molecule is CCC(C)C(C(CC(=O)N1CCCC1C(OC)C(C)C(=O)NCP(=O)(O)CC(=O)O)OC)N(C)C(=O)CN=C(N(C)C)N1CCN(C=O)CC1. The van der Waals surface area contributed by atoms with Gasteiger partial charge in [-0.05, 0) is 18.8 Å². The largest absolute Gasteiger partial charge is 0.481 e. The molecular formula is C32H58N7O10P. The lowest BCUT2D eigenvalue weighted by Gasteiger charge is -2.39. The molecule has 0 aliphatic carbocycles. The number of carboxylic acids is 1. The van der Waals surface area contributed by atoms with Crippen molar-refractivity contribution in [3.63, 3.8) is 0 Å². The fraction of sp³-hybridized carbons (Fsp3) is 0.812. The highest BCUT2D eigenvalue weighted by atomic mass is 31.2. The highest BCUT2D eigenvalue weighted by molar-refractivity contribution is 7.58. The summed E-state index contributed by atoms with van der Waals surface area (Å²) < 4.78 is 23.7. The van der Waals surface area contributed by atoms with Gasteiger partial charge in [0.15, 0.2) is 5.96 Å². The number of guanidine groups is 1. The van der Waals surface area contributed by atoms with Gasteiger partial charge in [0.1, 0.15) is 12.7 Å². The molecule has 7 unspecified atom stereocenters. The number of nitrogens with one attached hydrogen (secondary N) is 1. The van der Waals surface area contributed by atoms with Crippen LogP contribution in [0.3, 0.4) is 0 Å². The molecule has 0 radical (unpaired) electrons. The van der Waals surface area contributed by atoms with Gasteiger partial charge >= 0.3 is 5.97 Å². The molecule has 0 aromatic carbocycles. The van der Waals surface area contributed by atoms with Gasteiger partial charge in [0.05, 0.1) is 42.9 Å². The molecule has 2 aliphatic heterocycles. The van der Waals surface area contributed by atoms with E-state index in [0.29, 0.717) is 51.5 Å². The minimum Gasteiger partial charge on any atom is -0.481 e. The first-order valence-electron chi connectivity index (χ1n) is 17.1. The molecular weight excluding hydrogens is 673 g/mol. The zero-order chi connectivity index (χ0) is 37.8. The zero-order valence-corrected chi connectivity index (χ0v) is 31.7. The molecule has 2 aliphatic rings. The molecule has 50 heavy (non-hydrogen) atoms. The Labute approximate surface area is 295 Å². The van der Waals surface area contributed by atoms with Gasteiger partial charge in [0.25, 0.3) is 0 Å². The maximum atomic E-state index is 13.9. The minimum absolute atomic E-state index is 0.0211. The number of aliphatic imine (C=N–C) groups is 1. The normalized spacial score (nSPS) is 21.0. The lowest BCUT2D eigenvalue weighted by Crippen LogP contribution is -2.54. The van der Waals surface area contributed by atoms with E-state index < -0.39 is 61.9 Å². The number of piperazine rings is 1. The summed E-state index contributed by atoms with van der Waals surface area (Å²) in [5.74, 6) is -2.68. The van der Waals surface area contributed by atoms with Crippen molar-refractivity contribution in [1.29, 1.82) is 0 Å². The molecule has 0 spiro atoms. The van der Waals surface area contributed by atoms with Crippen LogP contribution in [-0.2, 0) is 38.0 Å². The Morgan fingerprint density at radius 3 is 2.22 bits per heavy atom. The molecule has 7 atom stereocenters. The van der Waals surface area contributed by atoms with Crippen molar-refractivity contribution in [3.05, 3.63) is 0 Å². The van der Waals surface area contributed by atoms with Crippen molar-refractivity contribution in [2.75, 3.05) is 87.1 Å². The van der Waals surface area contributed by atoms with Gasteiger partial charge in [-0.1, -0.05) is 27.2 Å². The first-order chi connectivity index (χ1) is 23.5. The predicted octanol–water partition coefficient (Wildman–Crippen LogP) is 0.0270. The quantitative estimate of drug-likeness (QED) is 0.0740. The van der Waals surface area contributed by atoms with E-state index in [2.05, 4.69) is 10.3 Å². The van der Waals surface area contributed by atoms with Crippen LogP contribution in [0, 0.1) is 11.8 Å². The van der Waals surface area contributed by atoms with Gasteiger partial charge in [-0.2, -0.15) is 0 Å². The van der Waals surface area contributed by atoms with Crippen molar-refractivity contribution >= 4 is 43.4 Å². The number of carbonyl (C=O) groups is 5. The maximum Gasteiger partial charge on any atom is 0.313 e. The number of hydrogen-bond donors (Lipinski definition) is 3. The first-order valence-corrected chi connectivity index (χ1v) is 19.1. The van der Waals surface area contributed by atoms with Gasteiger partial charge in [0.2, 0.25) is 31.5 Å². The number of aliphatic carboxylic acids is 1. The van der Waals surface area contributed by atoms with Crippen LogP contribution in [-0.4, -0.2) is 182 Å². The first kappa shape index (κ1) is 42.9. The molecule has 2 heterocycles. The maximum absolute atomic E-state index is 13.9. The number of ether oxygens (including phenoxy) is 2. The van der Waals surface area contributed by atoms with Gasteiger partial charge < -0.3 is 49.3 Å². The average molecular weight is 732 g/mol. The molecule has 286 valence electrons. The van der Waals surface area contributed by atoms with Crippen LogP contribution in [0.4, 0.5) is 0 Å². The van der Waals surface area contributed by atoms with Crippen molar-refractivity contribution in [2.24, 2.45) is 16.8 Å². The fourth-order valence-electron chi connectivity index (χ4n) is 6.76. The van der Waals surface area contributed by atoms with Crippen LogP contribution in [0.25, 0.3) is 0 Å². The van der Waals surface area contributed by atoms with Crippen molar-refractivity contribution in [2.45, 2.75) is 70.7 Å². The van der Waals surface area contributed by atoms with Crippen molar-refractivity contribution in [1.82, 2.24) is 29.8 Å². The Morgan fingerprint density at radius 2 is 1.70 bits per heavy atom. The minimum atomic E-state index is -4.12. The molecule has 0 aromatic rings. The van der Waals surface area contributed by atoms with Crippen LogP contribution < -0.4 is 5.32 Å². The monoisotopic (exact) mass is 731 g/mol. The fourth-order valence-corrected chi connectivity index (χ4v) is 7.69. The molecule has 18 heteroatoms. The van der Waals surface area contributed by atoms with E-state index >= 15 is 0 Å². The number of methoxy groups -OCH3 is 2. The third-order valence-electron chi connectivity index (χ3n) is 9.69. The third kappa shape index (κ3) is 11.9. The molecule has 2 saturated heterocycles. The Hall–Kier alpha value is -3.27. The van der Waals surface area contributed by atoms with E-state index in [9.17, 15) is 33.4 Å². The number of carboxylic acid groups (broad SMARTS) is 1. The molecule has 2 fully saturated rings. The number of amides is 4. The summed E-state index contributed by atoms with van der Waals surface area (Å²) in [6.45, 7) is 8.28. The standard InChI is InChI=1S/C32H58N7O10P/c1-9-22(2)29(36(6)27(42)18-33-32(35(4)5)38-15-13-37(21-40)14-16-38)25(48-7)17-26(41)39-12-10-11-24(39)30(49-8)23(3)31(45)34-20-50(46,47)19-28(43)44/h21-25,29-30H,9-20H2,1-8H3,(H,34,45)(H,43,44)(H,46,47). The summed E-state index contributed by atoms with van der Waals surface area (Å²) >= 11 is 0. The Balaban J connectivity index is 2.17. The zero-order valence-electron chi connectivity index (χ0n) is 30.8. The van der Waals surface area contributed by atoms with Crippen LogP contribution in [0.2, 0.25) is 0 Å². The summed E-state index contributed by atoms with van der Waals surface area (Å²) in [6, 6.07) is -0.904. The molecule has 0 aromatic heterocycles. The highest BCUT2D eigenvalue weighted by Crippen LogP contribution is 2.38. The van der Waals surface area contributed by atoms with Gasteiger partial charge in [-0.3, -0.25) is 28.5 Å². The highest BCUT2D eigenvalue weighted by Gasteiger charge is 2.42. The second kappa shape index (κ2) is 19.9. The van der Waals surface area contributed by atoms with E-state index in [-0.39, 0.29) is 30.7 Å². The van der Waals surface area contributed by atoms with Gasteiger partial charge in [0, 0.05) is 68.1 Å². The number of rotatable bonds is 18. The van der Waals surface area contributed by atoms with E-state index in [0.717, 1.165) is 12.8 Å². The van der Waals surface area contributed by atoms with Gasteiger partial charge in [-0.15, -0.1) is 0 Å². The molecule has 0 saturated carbocycles. The number of likely N-dealkylation sites (N-methyl/N-ethyl adjacent to an activating group) is 1. The van der Waals surface area contributed by atoms with Gasteiger partial charge in [-0.25, -0.2) is 4.99 Å².